The molecule has 0 rings (SSSR count). The van der Waals surface area contributed by atoms with Crippen LogP contribution in [0.15, 0.2) is 5.16 Å². The van der Waals surface area contributed by atoms with E-state index in [1.54, 1.807) is 7.11 Å². The number of nitrogens with one attached hydrogen (secondary N) is 1. The van der Waals surface area contributed by atoms with Crippen molar-refractivity contribution in [3.8, 4) is 0 Å². The van der Waals surface area contributed by atoms with E-state index in [9.17, 15) is 0 Å². The number of hydrogen-bond donors (Lipinski definition) is 3. The Hall–Kier alpha value is -0.810. The van der Waals surface area contributed by atoms with Crippen LogP contribution in [0.2, 0.25) is 0 Å². The molecule has 0 fully saturated rings. The number of nitrogens with zero attached hydrogens (tertiary/aromatic N) is 1. The lowest BCUT2D eigenvalue weighted by Gasteiger charge is -2.23. The van der Waals surface area contributed by atoms with Gasteiger partial charge in [-0.3, -0.25) is 0 Å². The summed E-state index contributed by atoms with van der Waals surface area (Å²) in [4.78, 5) is 0. The molecule has 0 aromatic rings. The average molecular weight is 259 g/mol. The van der Waals surface area contributed by atoms with Gasteiger partial charge in [0.05, 0.1) is 6.61 Å². The topological polar surface area (TPSA) is 79.9 Å². The van der Waals surface area contributed by atoms with Gasteiger partial charge in [0, 0.05) is 18.6 Å². The van der Waals surface area contributed by atoms with Gasteiger partial charge < -0.3 is 21.0 Å². The third kappa shape index (κ3) is 6.81. The minimum absolute atomic E-state index is 0.252. The lowest BCUT2D eigenvalue weighted by atomic mass is 9.86. The van der Waals surface area contributed by atoms with E-state index in [0.717, 1.165) is 38.8 Å². The fourth-order valence-electron chi connectivity index (χ4n) is 1.89. The monoisotopic (exact) mass is 259 g/mol. The zero-order valence-corrected chi connectivity index (χ0v) is 12.2. The summed E-state index contributed by atoms with van der Waals surface area (Å²) in [6, 6.07) is 0.423. The highest BCUT2D eigenvalue weighted by Gasteiger charge is 2.22. The van der Waals surface area contributed by atoms with Crippen LogP contribution >= 0.6 is 0 Å². The van der Waals surface area contributed by atoms with Gasteiger partial charge in [-0.25, -0.2) is 0 Å². The third-order valence-electron chi connectivity index (χ3n) is 3.22. The SMILES string of the molecule is CCCC(COC)NCCCC(C)(C)C(N)=NO. The Morgan fingerprint density at radius 2 is 2.17 bits per heavy atom. The zero-order valence-electron chi connectivity index (χ0n) is 12.2. The number of methoxy groups -OCH3 is 1. The van der Waals surface area contributed by atoms with Gasteiger partial charge in [-0.2, -0.15) is 0 Å². The van der Waals surface area contributed by atoms with Gasteiger partial charge in [0.15, 0.2) is 0 Å². The van der Waals surface area contributed by atoms with Crippen molar-refractivity contribution in [3.05, 3.63) is 0 Å². The molecule has 4 N–H and O–H groups in total. The molecule has 108 valence electrons. The van der Waals surface area contributed by atoms with E-state index in [1.807, 2.05) is 13.8 Å². The summed E-state index contributed by atoms with van der Waals surface area (Å²) in [6.45, 7) is 7.82. The van der Waals surface area contributed by atoms with E-state index in [4.69, 9.17) is 15.7 Å². The molecule has 1 unspecified atom stereocenters. The molecular formula is C13H29N3O2. The Morgan fingerprint density at radius 1 is 1.50 bits per heavy atom. The normalized spacial score (nSPS) is 14.8. The minimum atomic E-state index is -0.252. The molecule has 0 aromatic heterocycles. The van der Waals surface area contributed by atoms with Crippen LogP contribution in [0.4, 0.5) is 0 Å². The fraction of sp³-hybridized carbons (Fsp3) is 0.923. The number of nitrogens with two attached hydrogens (primary N) is 1. The van der Waals surface area contributed by atoms with Crippen molar-refractivity contribution in [2.75, 3.05) is 20.3 Å². The molecule has 0 aliphatic carbocycles. The number of oxime groups is 1. The maximum atomic E-state index is 8.69. The Kier molecular flexibility index (Phi) is 8.75. The first-order chi connectivity index (χ1) is 8.47. The van der Waals surface area contributed by atoms with Crippen LogP contribution in [0.5, 0.6) is 0 Å². The van der Waals surface area contributed by atoms with Gasteiger partial charge in [0.25, 0.3) is 0 Å². The molecule has 0 aliphatic heterocycles. The largest absolute Gasteiger partial charge is 0.409 e. The van der Waals surface area contributed by atoms with Crippen molar-refractivity contribution in [2.45, 2.75) is 52.5 Å². The smallest absolute Gasteiger partial charge is 0.144 e. The van der Waals surface area contributed by atoms with Crippen LogP contribution in [0, 0.1) is 5.41 Å². The van der Waals surface area contributed by atoms with E-state index < -0.39 is 0 Å². The van der Waals surface area contributed by atoms with E-state index in [0.29, 0.717) is 11.9 Å². The standard InChI is InChI=1S/C13H29N3O2/c1-5-7-11(10-18-4)15-9-6-8-13(2,3)12(14)16-17/h11,15,17H,5-10H2,1-4H3,(H2,14,16). The second kappa shape index (κ2) is 9.16. The maximum Gasteiger partial charge on any atom is 0.144 e. The highest BCUT2D eigenvalue weighted by molar-refractivity contribution is 5.85. The van der Waals surface area contributed by atoms with Gasteiger partial charge in [0.2, 0.25) is 0 Å². The molecule has 5 nitrogen and oxygen atoms in total. The predicted octanol–water partition coefficient (Wildman–Crippen LogP) is 1.94. The predicted molar refractivity (Wildman–Crippen MR) is 75.0 cm³/mol. The van der Waals surface area contributed by atoms with Crippen LogP contribution in [0.25, 0.3) is 0 Å². The summed E-state index contributed by atoms with van der Waals surface area (Å²) in [7, 11) is 1.73. The summed E-state index contributed by atoms with van der Waals surface area (Å²) >= 11 is 0. The summed E-state index contributed by atoms with van der Waals surface area (Å²) in [5, 5.41) is 15.3. The quantitative estimate of drug-likeness (QED) is 0.184. The molecule has 18 heavy (non-hydrogen) atoms. The van der Waals surface area contributed by atoms with Crippen LogP contribution in [0.1, 0.15) is 46.5 Å². The highest BCUT2D eigenvalue weighted by Crippen LogP contribution is 2.21. The first kappa shape index (κ1) is 17.2. The first-order valence-corrected chi connectivity index (χ1v) is 6.68. The number of rotatable bonds is 10. The average Bonchev–Trinajstić information content (AvgIpc) is 2.34. The summed E-state index contributed by atoms with van der Waals surface area (Å²) in [5.41, 5.74) is 5.40. The molecule has 0 spiro atoms. The van der Waals surface area contributed by atoms with Crippen LogP contribution in [-0.4, -0.2) is 37.3 Å². The Balaban J connectivity index is 3.90. The van der Waals surface area contributed by atoms with Gasteiger partial charge in [-0.1, -0.05) is 32.3 Å². The van der Waals surface area contributed by atoms with Crippen molar-refractivity contribution in [1.82, 2.24) is 5.32 Å². The van der Waals surface area contributed by atoms with E-state index in [2.05, 4.69) is 17.4 Å². The summed E-state index contributed by atoms with van der Waals surface area (Å²) < 4.78 is 5.18. The minimum Gasteiger partial charge on any atom is -0.409 e. The molecule has 1 atom stereocenters. The zero-order chi connectivity index (χ0) is 14.0. The van der Waals surface area contributed by atoms with Crippen molar-refractivity contribution in [1.29, 1.82) is 0 Å². The maximum absolute atomic E-state index is 8.69. The van der Waals surface area contributed by atoms with Crippen molar-refractivity contribution in [2.24, 2.45) is 16.3 Å². The molecule has 0 bridgehead atoms. The highest BCUT2D eigenvalue weighted by atomic mass is 16.5. The molecule has 0 aromatic carbocycles. The second-order valence-corrected chi connectivity index (χ2v) is 5.37. The van der Waals surface area contributed by atoms with Crippen molar-refractivity contribution >= 4 is 5.84 Å². The Labute approximate surface area is 111 Å². The van der Waals surface area contributed by atoms with Crippen LogP contribution in [-0.2, 0) is 4.74 Å². The van der Waals surface area contributed by atoms with Crippen LogP contribution < -0.4 is 11.1 Å². The van der Waals surface area contributed by atoms with E-state index in [-0.39, 0.29) is 5.41 Å². The summed E-state index contributed by atoms with van der Waals surface area (Å²) in [6.07, 6.45) is 4.16. The fourth-order valence-corrected chi connectivity index (χ4v) is 1.89. The second-order valence-electron chi connectivity index (χ2n) is 5.37. The van der Waals surface area contributed by atoms with Gasteiger partial charge >= 0.3 is 0 Å². The molecule has 5 heteroatoms. The molecule has 0 amide bonds. The van der Waals surface area contributed by atoms with E-state index >= 15 is 0 Å². The lowest BCUT2D eigenvalue weighted by Crippen LogP contribution is -2.36. The van der Waals surface area contributed by atoms with Crippen LogP contribution in [0.3, 0.4) is 0 Å². The van der Waals surface area contributed by atoms with Crippen molar-refractivity contribution in [3.63, 3.8) is 0 Å². The van der Waals surface area contributed by atoms with Gasteiger partial charge in [-0.05, 0) is 25.8 Å². The molecule has 0 radical (unpaired) electrons. The van der Waals surface area contributed by atoms with Gasteiger partial charge in [0.1, 0.15) is 5.84 Å². The molecular weight excluding hydrogens is 230 g/mol. The third-order valence-corrected chi connectivity index (χ3v) is 3.22. The van der Waals surface area contributed by atoms with Gasteiger partial charge in [-0.15, -0.1) is 0 Å². The molecule has 0 saturated heterocycles. The lowest BCUT2D eigenvalue weighted by molar-refractivity contribution is 0.161. The number of hydrogen-bond acceptors (Lipinski definition) is 4. The number of ether oxygens (including phenoxy) is 1. The molecule has 0 aliphatic rings. The summed E-state index contributed by atoms with van der Waals surface area (Å²) in [5.74, 6) is 0.296. The Bertz CT molecular complexity index is 236. The van der Waals surface area contributed by atoms with E-state index in [1.165, 1.54) is 0 Å². The number of amidine groups is 1. The van der Waals surface area contributed by atoms with Crippen molar-refractivity contribution < 1.29 is 9.94 Å². The molecule has 0 heterocycles. The first-order valence-electron chi connectivity index (χ1n) is 6.68. The molecule has 0 saturated carbocycles. The Morgan fingerprint density at radius 3 is 2.67 bits per heavy atom.